The first-order valence-electron chi connectivity index (χ1n) is 10.7. The summed E-state index contributed by atoms with van der Waals surface area (Å²) in [7, 11) is 3.07. The maximum atomic E-state index is 13.3. The Morgan fingerprint density at radius 1 is 0.971 bits per heavy atom. The van der Waals surface area contributed by atoms with Crippen molar-refractivity contribution in [2.75, 3.05) is 27.8 Å². The smallest absolute Gasteiger partial charge is 0.286 e. The number of ketones is 1. The lowest BCUT2D eigenvalue weighted by Crippen LogP contribution is -2.25. The molecule has 4 rings (SSSR count). The first-order valence-corrected chi connectivity index (χ1v) is 11.6. The number of rotatable bonds is 9. The molecule has 1 unspecified atom stereocenters. The largest absolute Gasteiger partial charge is 0.464 e. The Labute approximate surface area is 201 Å². The number of allylic oxidation sites excluding steroid dienone is 1. The number of nitrogens with one attached hydrogen (secondary N) is 1. The second-order valence-electron chi connectivity index (χ2n) is 7.89. The minimum Gasteiger partial charge on any atom is -0.464 e. The molecule has 0 saturated carbocycles. The topological polar surface area (TPSA) is 100 Å². The number of aryl methyl sites for hydroxylation is 1. The minimum atomic E-state index is -0.469. The van der Waals surface area contributed by atoms with Crippen LogP contribution >= 0.6 is 11.8 Å². The van der Waals surface area contributed by atoms with Crippen LogP contribution in [0.3, 0.4) is 0 Å². The lowest BCUT2D eigenvalue weighted by Gasteiger charge is -2.19. The zero-order valence-corrected chi connectivity index (χ0v) is 19.7. The zero-order chi connectivity index (χ0) is 24.1. The Morgan fingerprint density at radius 3 is 2.44 bits per heavy atom. The van der Waals surface area contributed by atoms with Crippen molar-refractivity contribution in [3.63, 3.8) is 0 Å². The molecule has 1 aliphatic heterocycles. The molecule has 1 N–H and O–H groups in total. The molecular weight excluding hydrogens is 458 g/mol. The summed E-state index contributed by atoms with van der Waals surface area (Å²) in [5, 5.41) is 1.50. The van der Waals surface area contributed by atoms with Crippen molar-refractivity contribution in [1.29, 1.82) is 0 Å². The molecule has 1 fully saturated rings. The Kier molecular flexibility index (Phi) is 7.66. The van der Waals surface area contributed by atoms with Crippen LogP contribution in [0.2, 0.25) is 0 Å². The predicted molar refractivity (Wildman–Crippen MR) is 127 cm³/mol. The number of benzene rings is 2. The highest BCUT2D eigenvalue weighted by atomic mass is 32.2. The Hall–Kier alpha value is -3.14. The monoisotopic (exact) mass is 483 g/mol. The molecule has 34 heavy (non-hydrogen) atoms. The molecule has 2 aliphatic rings. The van der Waals surface area contributed by atoms with E-state index in [0.29, 0.717) is 35.5 Å². The van der Waals surface area contributed by atoms with E-state index in [9.17, 15) is 14.4 Å². The predicted octanol–water partition coefficient (Wildman–Crippen LogP) is 3.76. The lowest BCUT2D eigenvalue weighted by molar-refractivity contribution is -0.118. The highest BCUT2D eigenvalue weighted by Crippen LogP contribution is 2.32. The van der Waals surface area contributed by atoms with Crippen LogP contribution < -0.4 is 14.8 Å². The van der Waals surface area contributed by atoms with Crippen LogP contribution in [0.5, 0.6) is 11.5 Å². The van der Waals surface area contributed by atoms with Crippen LogP contribution in [0.25, 0.3) is 6.08 Å². The maximum Gasteiger partial charge on any atom is 0.286 e. The minimum absolute atomic E-state index is 0.0400. The molecular formula is C25H25NO7S. The van der Waals surface area contributed by atoms with Gasteiger partial charge >= 0.3 is 0 Å². The van der Waals surface area contributed by atoms with Crippen LogP contribution in [-0.4, -0.2) is 50.0 Å². The molecule has 1 saturated heterocycles. The van der Waals surface area contributed by atoms with E-state index in [4.69, 9.17) is 18.9 Å². The molecule has 8 nitrogen and oxygen atoms in total. The second-order valence-corrected chi connectivity index (χ2v) is 9.06. The second kappa shape index (κ2) is 10.9. The van der Waals surface area contributed by atoms with Gasteiger partial charge < -0.3 is 18.9 Å². The highest BCUT2D eigenvalue weighted by Gasteiger charge is 2.32. The first kappa shape index (κ1) is 24.0. The van der Waals surface area contributed by atoms with Gasteiger partial charge in [0.1, 0.15) is 0 Å². The van der Waals surface area contributed by atoms with Crippen molar-refractivity contribution in [2.24, 2.45) is 0 Å². The van der Waals surface area contributed by atoms with E-state index in [2.05, 4.69) is 5.32 Å². The number of Topliss-reactive ketones (excluding diaryl/α,β-unsaturated/α-hetero) is 1. The van der Waals surface area contributed by atoms with Crippen LogP contribution in [0, 0.1) is 0 Å². The number of hydrogen-bond donors (Lipinski definition) is 1. The van der Waals surface area contributed by atoms with Crippen molar-refractivity contribution in [3.05, 3.63) is 64.2 Å². The fourth-order valence-corrected chi connectivity index (χ4v) is 4.77. The standard InChI is InChI=1S/C25H25NO7S/c1-30-13-32-20-8-4-15(11-21(20)33-14-31-2)9-18-7-6-17-5-3-16(10-19(17)23(18)27)12-22-24(28)26-25(29)34-22/h3-5,8-11,22H,6-7,12-14H2,1-2H3,(H,26,28,29). The number of thioether (sulfide) groups is 1. The van der Waals surface area contributed by atoms with Crippen molar-refractivity contribution < 1.29 is 33.3 Å². The molecule has 2 amide bonds. The summed E-state index contributed by atoms with van der Waals surface area (Å²) in [4.78, 5) is 36.7. The summed E-state index contributed by atoms with van der Waals surface area (Å²) in [6, 6.07) is 11.1. The zero-order valence-electron chi connectivity index (χ0n) is 18.9. The highest BCUT2D eigenvalue weighted by molar-refractivity contribution is 8.15. The van der Waals surface area contributed by atoms with Gasteiger partial charge in [-0.25, -0.2) is 0 Å². The maximum absolute atomic E-state index is 13.3. The fourth-order valence-electron chi connectivity index (χ4n) is 3.91. The fraction of sp³-hybridized carbons (Fsp3) is 0.320. The molecule has 9 heteroatoms. The number of methoxy groups -OCH3 is 2. The van der Waals surface area contributed by atoms with Gasteiger partial charge in [-0.2, -0.15) is 0 Å². The molecule has 0 bridgehead atoms. The van der Waals surface area contributed by atoms with Crippen LogP contribution in [-0.2, 0) is 27.1 Å². The van der Waals surface area contributed by atoms with Crippen LogP contribution in [0.4, 0.5) is 4.79 Å². The van der Waals surface area contributed by atoms with Crippen molar-refractivity contribution in [2.45, 2.75) is 24.5 Å². The van der Waals surface area contributed by atoms with Gasteiger partial charge in [-0.3, -0.25) is 19.7 Å². The third-order valence-corrected chi connectivity index (χ3v) is 6.52. The van der Waals surface area contributed by atoms with Gasteiger partial charge in [0.05, 0.1) is 5.25 Å². The third kappa shape index (κ3) is 5.49. The summed E-state index contributed by atoms with van der Waals surface area (Å²) in [5.74, 6) is 0.671. The van der Waals surface area contributed by atoms with E-state index in [0.717, 1.165) is 34.9 Å². The van der Waals surface area contributed by atoms with Crippen molar-refractivity contribution >= 4 is 34.8 Å². The lowest BCUT2D eigenvalue weighted by atomic mass is 9.84. The van der Waals surface area contributed by atoms with Crippen molar-refractivity contribution in [3.8, 4) is 11.5 Å². The Bertz CT molecular complexity index is 1140. The van der Waals surface area contributed by atoms with Gasteiger partial charge in [-0.05, 0) is 60.2 Å². The number of ether oxygens (including phenoxy) is 4. The summed E-state index contributed by atoms with van der Waals surface area (Å²) < 4.78 is 21.1. The SMILES string of the molecule is COCOc1ccc(C=C2CCc3ccc(CC4SC(=O)NC4=O)cc3C2=O)cc1OCOC. The molecule has 2 aromatic carbocycles. The van der Waals surface area contributed by atoms with Crippen LogP contribution in [0.15, 0.2) is 42.0 Å². The summed E-state index contributed by atoms with van der Waals surface area (Å²) in [6.45, 7) is 0.137. The van der Waals surface area contributed by atoms with Gasteiger partial charge in [0.15, 0.2) is 30.9 Å². The van der Waals surface area contributed by atoms with Crippen molar-refractivity contribution in [1.82, 2.24) is 5.32 Å². The summed E-state index contributed by atoms with van der Waals surface area (Å²) in [6.07, 6.45) is 3.62. The van der Waals surface area contributed by atoms with E-state index >= 15 is 0 Å². The van der Waals surface area contributed by atoms with E-state index in [-0.39, 0.29) is 30.5 Å². The third-order valence-electron chi connectivity index (χ3n) is 5.54. The summed E-state index contributed by atoms with van der Waals surface area (Å²) in [5.41, 5.74) is 3.97. The van der Waals surface area contributed by atoms with Gasteiger partial charge in [-0.15, -0.1) is 0 Å². The van der Waals surface area contributed by atoms with E-state index in [1.807, 2.05) is 30.3 Å². The van der Waals surface area contributed by atoms with E-state index in [1.54, 1.807) is 12.1 Å². The molecule has 0 aromatic heterocycles. The number of fused-ring (bicyclic) bond motifs is 1. The number of carbonyl (C=O) groups excluding carboxylic acids is 3. The van der Waals surface area contributed by atoms with E-state index < -0.39 is 5.25 Å². The molecule has 0 radical (unpaired) electrons. The van der Waals surface area contributed by atoms with Gasteiger partial charge in [0.2, 0.25) is 5.91 Å². The van der Waals surface area contributed by atoms with E-state index in [1.165, 1.54) is 14.2 Å². The average Bonchev–Trinajstić information content (AvgIpc) is 3.15. The molecule has 1 aliphatic carbocycles. The molecule has 1 atom stereocenters. The Balaban J connectivity index is 1.55. The number of imide groups is 1. The molecule has 2 aromatic rings. The Morgan fingerprint density at radius 2 is 1.74 bits per heavy atom. The quantitative estimate of drug-likeness (QED) is 0.425. The molecule has 178 valence electrons. The summed E-state index contributed by atoms with van der Waals surface area (Å²) >= 11 is 0.987. The molecule has 0 spiro atoms. The number of amides is 2. The van der Waals surface area contributed by atoms with Gasteiger partial charge in [0.25, 0.3) is 5.24 Å². The van der Waals surface area contributed by atoms with Crippen LogP contribution in [0.1, 0.15) is 33.5 Å². The normalized spacial score (nSPS) is 18.7. The first-order chi connectivity index (χ1) is 16.5. The number of carbonyl (C=O) groups is 3. The average molecular weight is 484 g/mol. The van der Waals surface area contributed by atoms with Gasteiger partial charge in [0, 0.05) is 25.4 Å². The van der Waals surface area contributed by atoms with Gasteiger partial charge in [-0.1, -0.05) is 30.0 Å². The molecule has 1 heterocycles. The number of hydrogen-bond acceptors (Lipinski definition) is 8.